The Kier molecular flexibility index (Phi) is 7.40. The van der Waals surface area contributed by atoms with Crippen molar-refractivity contribution >= 4 is 28.7 Å². The topological polar surface area (TPSA) is 35.5 Å². The van der Waals surface area contributed by atoms with Crippen LogP contribution >= 0.6 is 6.83 Å². The molecule has 0 aliphatic rings. The summed E-state index contributed by atoms with van der Waals surface area (Å²) in [5, 5.41) is 2.82. The molecule has 5 aromatic carbocycles. The SMILES string of the molecule is CCOc1ccccc1P(Cc1ccccc1)(OC(=O)c1ccccc1)(c1ccccc1)c1ccccc1. The molecule has 0 heterocycles. The molecule has 0 amide bonds. The third-order valence-corrected chi connectivity index (χ3v) is 12.6. The zero-order chi connectivity index (χ0) is 26.3. The van der Waals surface area contributed by atoms with Crippen molar-refractivity contribution in [2.45, 2.75) is 13.1 Å². The number of rotatable bonds is 9. The van der Waals surface area contributed by atoms with Gasteiger partial charge < -0.3 is 0 Å². The van der Waals surface area contributed by atoms with Gasteiger partial charge in [0, 0.05) is 0 Å². The van der Waals surface area contributed by atoms with E-state index >= 15 is 0 Å². The summed E-state index contributed by atoms with van der Waals surface area (Å²) in [6.45, 7) is -1.59. The molecule has 3 nitrogen and oxygen atoms in total. The number of hydrogen-bond donors (Lipinski definition) is 0. The summed E-state index contributed by atoms with van der Waals surface area (Å²) >= 11 is 0. The summed E-state index contributed by atoms with van der Waals surface area (Å²) in [6.07, 6.45) is 0.489. The minimum absolute atomic E-state index is 0.363. The Balaban J connectivity index is 1.96. The van der Waals surface area contributed by atoms with Crippen molar-refractivity contribution in [3.05, 3.63) is 157 Å². The van der Waals surface area contributed by atoms with Crippen LogP contribution in [0.15, 0.2) is 146 Å². The van der Waals surface area contributed by atoms with Crippen LogP contribution in [-0.2, 0) is 10.7 Å². The Morgan fingerprint density at radius 3 is 1.63 bits per heavy atom. The van der Waals surface area contributed by atoms with Crippen LogP contribution in [0.5, 0.6) is 5.75 Å². The van der Waals surface area contributed by atoms with Gasteiger partial charge in [-0.1, -0.05) is 0 Å². The third-order valence-electron chi connectivity index (χ3n) is 6.90. The Bertz CT molecular complexity index is 1450. The fourth-order valence-corrected chi connectivity index (χ4v) is 11.0. The molecule has 0 spiro atoms. The molecule has 0 saturated heterocycles. The molecule has 0 N–H and O–H groups in total. The molecular formula is C34H31O3P. The Hall–Kier alpha value is -4.20. The fraction of sp³-hybridized carbons (Fsp3) is 0.0882. The summed E-state index contributed by atoms with van der Waals surface area (Å²) in [7, 11) is 0. The monoisotopic (exact) mass is 518 g/mol. The summed E-state index contributed by atoms with van der Waals surface area (Å²) in [4.78, 5) is 14.2. The Labute approximate surface area is 224 Å². The molecule has 38 heavy (non-hydrogen) atoms. The first kappa shape index (κ1) is 25.4. The average Bonchev–Trinajstić information content (AvgIpc) is 2.99. The second-order valence-corrected chi connectivity index (χ2v) is 13.6. The van der Waals surface area contributed by atoms with E-state index < -0.39 is 6.83 Å². The van der Waals surface area contributed by atoms with E-state index in [0.29, 0.717) is 18.3 Å². The minimum atomic E-state index is -4.05. The van der Waals surface area contributed by atoms with Crippen molar-refractivity contribution in [1.82, 2.24) is 0 Å². The van der Waals surface area contributed by atoms with Gasteiger partial charge >= 0.3 is 225 Å². The second-order valence-electron chi connectivity index (χ2n) is 9.17. The van der Waals surface area contributed by atoms with Crippen LogP contribution in [0.1, 0.15) is 22.8 Å². The molecule has 0 atom stereocenters. The van der Waals surface area contributed by atoms with Gasteiger partial charge in [-0.05, 0) is 0 Å². The zero-order valence-electron chi connectivity index (χ0n) is 21.4. The van der Waals surface area contributed by atoms with Crippen molar-refractivity contribution in [2.24, 2.45) is 0 Å². The summed E-state index contributed by atoms with van der Waals surface area (Å²) in [5.41, 5.74) is 1.58. The van der Waals surface area contributed by atoms with Gasteiger partial charge in [0.15, 0.2) is 0 Å². The first-order chi connectivity index (χ1) is 18.7. The quantitative estimate of drug-likeness (QED) is 0.199. The number of benzene rings is 5. The van der Waals surface area contributed by atoms with Gasteiger partial charge in [0.1, 0.15) is 0 Å². The number of hydrogen-bond acceptors (Lipinski definition) is 3. The first-order valence-electron chi connectivity index (χ1n) is 12.9. The van der Waals surface area contributed by atoms with Crippen molar-refractivity contribution in [2.75, 3.05) is 6.61 Å². The van der Waals surface area contributed by atoms with Crippen LogP contribution in [0.25, 0.3) is 0 Å². The molecule has 190 valence electrons. The van der Waals surface area contributed by atoms with Gasteiger partial charge in [-0.25, -0.2) is 0 Å². The molecule has 0 aliphatic heterocycles. The Morgan fingerprint density at radius 1 is 0.605 bits per heavy atom. The molecule has 4 heteroatoms. The molecule has 0 radical (unpaired) electrons. The van der Waals surface area contributed by atoms with Gasteiger partial charge in [-0.3, -0.25) is 0 Å². The number of para-hydroxylation sites is 1. The maximum absolute atomic E-state index is 14.2. The first-order valence-corrected chi connectivity index (χ1v) is 15.2. The van der Waals surface area contributed by atoms with Gasteiger partial charge in [0.05, 0.1) is 0 Å². The van der Waals surface area contributed by atoms with Crippen molar-refractivity contribution in [3.8, 4) is 5.75 Å². The maximum atomic E-state index is 14.2. The van der Waals surface area contributed by atoms with Gasteiger partial charge in [-0.2, -0.15) is 0 Å². The molecule has 0 fully saturated rings. The number of ether oxygens (including phenoxy) is 1. The van der Waals surface area contributed by atoms with Gasteiger partial charge in [0.2, 0.25) is 0 Å². The predicted octanol–water partition coefficient (Wildman–Crippen LogP) is 6.89. The molecular weight excluding hydrogens is 487 g/mol. The zero-order valence-corrected chi connectivity index (χ0v) is 22.3. The van der Waals surface area contributed by atoms with E-state index in [9.17, 15) is 4.79 Å². The predicted molar refractivity (Wildman–Crippen MR) is 158 cm³/mol. The molecule has 0 saturated carbocycles. The van der Waals surface area contributed by atoms with Crippen molar-refractivity contribution < 1.29 is 14.1 Å². The van der Waals surface area contributed by atoms with Crippen molar-refractivity contribution in [3.63, 3.8) is 0 Å². The third kappa shape index (κ3) is 4.51. The number of carbonyl (C=O) groups is 1. The molecule has 0 aromatic heterocycles. The van der Waals surface area contributed by atoms with E-state index in [0.717, 1.165) is 27.2 Å². The average molecular weight is 519 g/mol. The van der Waals surface area contributed by atoms with E-state index in [1.54, 1.807) is 12.1 Å². The van der Waals surface area contributed by atoms with Crippen LogP contribution in [0.4, 0.5) is 0 Å². The Morgan fingerprint density at radius 2 is 1.08 bits per heavy atom. The van der Waals surface area contributed by atoms with Gasteiger partial charge in [-0.15, -0.1) is 0 Å². The molecule has 5 rings (SSSR count). The molecule has 0 unspecified atom stereocenters. The summed E-state index contributed by atoms with van der Waals surface area (Å²) < 4.78 is 13.4. The van der Waals surface area contributed by atoms with E-state index in [4.69, 9.17) is 9.26 Å². The van der Waals surface area contributed by atoms with Crippen LogP contribution in [0.3, 0.4) is 0 Å². The van der Waals surface area contributed by atoms with Crippen LogP contribution in [-0.4, -0.2) is 12.6 Å². The van der Waals surface area contributed by atoms with E-state index in [1.807, 2.05) is 97.9 Å². The molecule has 5 aromatic rings. The van der Waals surface area contributed by atoms with Crippen LogP contribution < -0.4 is 20.7 Å². The summed E-state index contributed by atoms with van der Waals surface area (Å²) in [5.74, 6) is 0.357. The molecule has 0 aliphatic carbocycles. The summed E-state index contributed by atoms with van der Waals surface area (Å²) in [6, 6.07) is 48.0. The van der Waals surface area contributed by atoms with Crippen molar-refractivity contribution in [1.29, 1.82) is 0 Å². The normalized spacial score (nSPS) is 12.2. The standard InChI is InChI=1S/C34H31O3P/c1-2-36-32-25-15-16-26-33(32)38(30-21-11-5-12-22-30,31-23-13-6-14-24-31,27-28-17-7-3-8-18-28)37-34(35)29-19-9-4-10-20-29/h3-26H,2,27H2,1H3. The molecule has 0 bridgehead atoms. The fourth-order valence-electron chi connectivity index (χ4n) is 5.24. The second kappa shape index (κ2) is 11.0. The van der Waals surface area contributed by atoms with Crippen LogP contribution in [0, 0.1) is 0 Å². The van der Waals surface area contributed by atoms with E-state index in [1.165, 1.54) is 0 Å². The van der Waals surface area contributed by atoms with E-state index in [-0.39, 0.29) is 5.97 Å². The van der Waals surface area contributed by atoms with Gasteiger partial charge in [0.25, 0.3) is 0 Å². The van der Waals surface area contributed by atoms with Crippen LogP contribution in [0.2, 0.25) is 0 Å². The van der Waals surface area contributed by atoms with E-state index in [2.05, 4.69) is 42.5 Å². The number of carbonyl (C=O) groups excluding carboxylic acids is 1.